The van der Waals surface area contributed by atoms with Crippen LogP contribution in [0.2, 0.25) is 0 Å². The topological polar surface area (TPSA) is 54.0 Å². The van der Waals surface area contributed by atoms with E-state index in [1.54, 1.807) is 0 Å². The van der Waals surface area contributed by atoms with Gasteiger partial charge in [-0.2, -0.15) is 0 Å². The SMILES string of the molecule is CCCNc1nccc(C(=O)NC(C)(CC)CC)c1F. The maximum atomic E-state index is 14.2. The Balaban J connectivity index is 2.93. The molecule has 1 aromatic rings. The molecule has 5 heteroatoms. The van der Waals surface area contributed by atoms with Crippen molar-refractivity contribution in [1.29, 1.82) is 0 Å². The van der Waals surface area contributed by atoms with Gasteiger partial charge in [0.1, 0.15) is 0 Å². The lowest BCUT2D eigenvalue weighted by atomic mass is 9.95. The zero-order chi connectivity index (χ0) is 15.2. The molecule has 1 heterocycles. The second-order valence-corrected chi connectivity index (χ2v) is 5.17. The highest BCUT2D eigenvalue weighted by atomic mass is 19.1. The molecule has 0 saturated carbocycles. The Labute approximate surface area is 120 Å². The van der Waals surface area contributed by atoms with Gasteiger partial charge in [0.25, 0.3) is 5.91 Å². The van der Waals surface area contributed by atoms with E-state index in [9.17, 15) is 9.18 Å². The third-order valence-electron chi connectivity index (χ3n) is 3.65. The number of amides is 1. The molecular formula is C15H24FN3O. The molecule has 4 nitrogen and oxygen atoms in total. The number of anilines is 1. The molecule has 2 N–H and O–H groups in total. The maximum Gasteiger partial charge on any atom is 0.254 e. The maximum absolute atomic E-state index is 14.2. The van der Waals surface area contributed by atoms with Crippen molar-refractivity contribution in [2.24, 2.45) is 0 Å². The molecule has 0 fully saturated rings. The Kier molecular flexibility index (Phi) is 5.92. The summed E-state index contributed by atoms with van der Waals surface area (Å²) in [5.41, 5.74) is -0.282. The third-order valence-corrected chi connectivity index (χ3v) is 3.65. The summed E-state index contributed by atoms with van der Waals surface area (Å²) in [6.07, 6.45) is 3.90. The molecule has 0 unspecified atom stereocenters. The van der Waals surface area contributed by atoms with Gasteiger partial charge in [0, 0.05) is 18.3 Å². The quantitative estimate of drug-likeness (QED) is 0.806. The van der Waals surface area contributed by atoms with Crippen molar-refractivity contribution in [3.8, 4) is 0 Å². The monoisotopic (exact) mass is 281 g/mol. The highest BCUT2D eigenvalue weighted by molar-refractivity contribution is 5.95. The molecule has 0 atom stereocenters. The first-order chi connectivity index (χ1) is 9.47. The molecule has 0 saturated heterocycles. The van der Waals surface area contributed by atoms with Gasteiger partial charge in [-0.15, -0.1) is 0 Å². The standard InChI is InChI=1S/C15H24FN3O/c1-5-9-17-13-12(16)11(8-10-18-13)14(20)19-15(4,6-2)7-3/h8,10H,5-7,9H2,1-4H3,(H,17,18)(H,19,20). The van der Waals surface area contributed by atoms with Crippen molar-refractivity contribution < 1.29 is 9.18 Å². The Bertz CT molecular complexity index is 458. The molecule has 1 aromatic heterocycles. The molecule has 1 rings (SSSR count). The van der Waals surface area contributed by atoms with E-state index < -0.39 is 11.7 Å². The van der Waals surface area contributed by atoms with Crippen LogP contribution in [0.3, 0.4) is 0 Å². The zero-order valence-electron chi connectivity index (χ0n) is 12.7. The fourth-order valence-electron chi connectivity index (χ4n) is 1.75. The Morgan fingerprint density at radius 2 is 2.00 bits per heavy atom. The molecule has 0 spiro atoms. The van der Waals surface area contributed by atoms with Crippen molar-refractivity contribution in [2.45, 2.75) is 52.5 Å². The first kappa shape index (κ1) is 16.4. The number of carbonyl (C=O) groups excluding carboxylic acids is 1. The van der Waals surface area contributed by atoms with Crippen LogP contribution in [0.4, 0.5) is 10.2 Å². The number of hydrogen-bond donors (Lipinski definition) is 2. The summed E-state index contributed by atoms with van der Waals surface area (Å²) in [7, 11) is 0. The van der Waals surface area contributed by atoms with Gasteiger partial charge < -0.3 is 10.6 Å². The van der Waals surface area contributed by atoms with Crippen LogP contribution in [0.15, 0.2) is 12.3 Å². The van der Waals surface area contributed by atoms with Crippen LogP contribution in [-0.2, 0) is 0 Å². The van der Waals surface area contributed by atoms with E-state index in [1.807, 2.05) is 27.7 Å². The zero-order valence-corrected chi connectivity index (χ0v) is 12.7. The number of hydrogen-bond acceptors (Lipinski definition) is 3. The van der Waals surface area contributed by atoms with E-state index in [2.05, 4.69) is 15.6 Å². The third kappa shape index (κ3) is 3.92. The summed E-state index contributed by atoms with van der Waals surface area (Å²) in [4.78, 5) is 16.1. The largest absolute Gasteiger partial charge is 0.368 e. The van der Waals surface area contributed by atoms with Crippen molar-refractivity contribution in [3.63, 3.8) is 0 Å². The number of aromatic nitrogens is 1. The van der Waals surface area contributed by atoms with Crippen LogP contribution in [0, 0.1) is 5.82 Å². The first-order valence-corrected chi connectivity index (χ1v) is 7.18. The van der Waals surface area contributed by atoms with Gasteiger partial charge in [-0.25, -0.2) is 9.37 Å². The summed E-state index contributed by atoms with van der Waals surface area (Å²) in [6, 6.07) is 1.41. The van der Waals surface area contributed by atoms with E-state index in [1.165, 1.54) is 12.3 Å². The van der Waals surface area contributed by atoms with E-state index in [-0.39, 0.29) is 16.9 Å². The average molecular weight is 281 g/mol. The molecule has 0 aliphatic rings. The molecule has 0 radical (unpaired) electrons. The van der Waals surface area contributed by atoms with E-state index in [0.29, 0.717) is 6.54 Å². The smallest absolute Gasteiger partial charge is 0.254 e. The van der Waals surface area contributed by atoms with Crippen molar-refractivity contribution in [3.05, 3.63) is 23.6 Å². The number of halogens is 1. The number of pyridine rings is 1. The predicted molar refractivity (Wildman–Crippen MR) is 79.4 cm³/mol. The molecule has 1 amide bonds. The second-order valence-electron chi connectivity index (χ2n) is 5.17. The highest BCUT2D eigenvalue weighted by Crippen LogP contribution is 2.18. The van der Waals surface area contributed by atoms with Crippen LogP contribution < -0.4 is 10.6 Å². The minimum Gasteiger partial charge on any atom is -0.368 e. The van der Waals surface area contributed by atoms with Crippen LogP contribution in [0.5, 0.6) is 0 Å². The predicted octanol–water partition coefficient (Wildman–Crippen LogP) is 3.35. The van der Waals surface area contributed by atoms with Crippen molar-refractivity contribution in [1.82, 2.24) is 10.3 Å². The van der Waals surface area contributed by atoms with Gasteiger partial charge in [-0.1, -0.05) is 20.8 Å². The Morgan fingerprint density at radius 1 is 1.35 bits per heavy atom. The summed E-state index contributed by atoms with van der Waals surface area (Å²) < 4.78 is 14.2. The van der Waals surface area contributed by atoms with Gasteiger partial charge in [-0.05, 0) is 32.3 Å². The summed E-state index contributed by atoms with van der Waals surface area (Å²) in [5, 5.41) is 5.78. The van der Waals surface area contributed by atoms with E-state index >= 15 is 0 Å². The Morgan fingerprint density at radius 3 is 2.55 bits per heavy atom. The number of nitrogens with one attached hydrogen (secondary N) is 2. The Hall–Kier alpha value is -1.65. The molecule has 20 heavy (non-hydrogen) atoms. The lowest BCUT2D eigenvalue weighted by molar-refractivity contribution is 0.0897. The van der Waals surface area contributed by atoms with Crippen molar-refractivity contribution in [2.75, 3.05) is 11.9 Å². The van der Waals surface area contributed by atoms with Crippen LogP contribution >= 0.6 is 0 Å². The summed E-state index contributed by atoms with van der Waals surface area (Å²) in [6.45, 7) is 8.56. The van der Waals surface area contributed by atoms with Crippen LogP contribution in [0.25, 0.3) is 0 Å². The molecule has 0 aliphatic carbocycles. The summed E-state index contributed by atoms with van der Waals surface area (Å²) >= 11 is 0. The minimum atomic E-state index is -0.590. The lowest BCUT2D eigenvalue weighted by Crippen LogP contribution is -2.45. The lowest BCUT2D eigenvalue weighted by Gasteiger charge is -2.28. The van der Waals surface area contributed by atoms with Gasteiger partial charge in [0.2, 0.25) is 0 Å². The fourth-order valence-corrected chi connectivity index (χ4v) is 1.75. The first-order valence-electron chi connectivity index (χ1n) is 7.18. The molecule has 112 valence electrons. The minimum absolute atomic E-state index is 0.0340. The summed E-state index contributed by atoms with van der Waals surface area (Å²) in [5.74, 6) is -0.849. The van der Waals surface area contributed by atoms with Crippen LogP contribution in [0.1, 0.15) is 57.3 Å². The van der Waals surface area contributed by atoms with E-state index in [0.717, 1.165) is 19.3 Å². The molecule has 0 bridgehead atoms. The van der Waals surface area contributed by atoms with Crippen LogP contribution in [-0.4, -0.2) is 23.0 Å². The van der Waals surface area contributed by atoms with E-state index in [4.69, 9.17) is 0 Å². The average Bonchev–Trinajstić information content (AvgIpc) is 2.45. The van der Waals surface area contributed by atoms with Gasteiger partial charge in [0.05, 0.1) is 5.56 Å². The highest BCUT2D eigenvalue weighted by Gasteiger charge is 2.25. The second kappa shape index (κ2) is 7.22. The number of rotatable bonds is 7. The fraction of sp³-hybridized carbons (Fsp3) is 0.600. The molecular weight excluding hydrogens is 257 g/mol. The number of carbonyl (C=O) groups is 1. The van der Waals surface area contributed by atoms with Gasteiger partial charge >= 0.3 is 0 Å². The van der Waals surface area contributed by atoms with Gasteiger partial charge in [-0.3, -0.25) is 4.79 Å². The van der Waals surface area contributed by atoms with Gasteiger partial charge in [0.15, 0.2) is 11.6 Å². The number of nitrogens with zero attached hydrogens (tertiary/aromatic N) is 1. The molecule has 0 aromatic carbocycles. The molecule has 0 aliphatic heterocycles. The normalized spacial score (nSPS) is 11.2. The van der Waals surface area contributed by atoms with Crippen molar-refractivity contribution >= 4 is 11.7 Å².